The number of amides is 1. The number of nitrogens with zero attached hydrogens (tertiary/aromatic N) is 1. The minimum Gasteiger partial charge on any atom is -0.497 e. The van der Waals surface area contributed by atoms with Gasteiger partial charge in [0.15, 0.2) is 0 Å². The van der Waals surface area contributed by atoms with Crippen LogP contribution in [0.1, 0.15) is 16.1 Å². The molecule has 0 aliphatic carbocycles. The SMILES string of the molecule is COc1ccc(OC)c(NC(=O)c2cc(NCc3ccc(Cl)cc3)ccn2)c1. The minimum absolute atomic E-state index is 0.283. The number of carbonyl (C=O) groups is 1. The van der Waals surface area contributed by atoms with Crippen LogP contribution < -0.4 is 20.1 Å². The van der Waals surface area contributed by atoms with E-state index < -0.39 is 0 Å². The maximum Gasteiger partial charge on any atom is 0.274 e. The zero-order valence-corrected chi connectivity index (χ0v) is 16.3. The fourth-order valence-electron chi connectivity index (χ4n) is 2.57. The van der Waals surface area contributed by atoms with Gasteiger partial charge < -0.3 is 20.1 Å². The quantitative estimate of drug-likeness (QED) is 0.608. The van der Waals surface area contributed by atoms with Gasteiger partial charge in [-0.3, -0.25) is 9.78 Å². The Bertz CT molecular complexity index is 961. The average molecular weight is 398 g/mol. The summed E-state index contributed by atoms with van der Waals surface area (Å²) < 4.78 is 10.5. The zero-order valence-electron chi connectivity index (χ0n) is 15.5. The molecule has 6 nitrogen and oxygen atoms in total. The van der Waals surface area contributed by atoms with E-state index in [4.69, 9.17) is 21.1 Å². The van der Waals surface area contributed by atoms with Crippen LogP contribution in [0.3, 0.4) is 0 Å². The van der Waals surface area contributed by atoms with Gasteiger partial charge in [-0.25, -0.2) is 0 Å². The van der Waals surface area contributed by atoms with Crippen molar-refractivity contribution in [1.29, 1.82) is 0 Å². The first-order valence-corrected chi connectivity index (χ1v) is 8.94. The van der Waals surface area contributed by atoms with Gasteiger partial charge in [0.2, 0.25) is 0 Å². The van der Waals surface area contributed by atoms with Crippen LogP contribution in [0.4, 0.5) is 11.4 Å². The van der Waals surface area contributed by atoms with E-state index in [0.29, 0.717) is 28.8 Å². The third-order valence-electron chi connectivity index (χ3n) is 4.06. The Hall–Kier alpha value is -3.25. The number of carbonyl (C=O) groups excluding carboxylic acids is 1. The molecule has 0 unspecified atom stereocenters. The summed E-state index contributed by atoms with van der Waals surface area (Å²) in [5, 5.41) is 6.78. The lowest BCUT2D eigenvalue weighted by Gasteiger charge is -2.12. The minimum atomic E-state index is -0.346. The van der Waals surface area contributed by atoms with Crippen LogP contribution in [0.5, 0.6) is 11.5 Å². The Balaban J connectivity index is 1.71. The summed E-state index contributed by atoms with van der Waals surface area (Å²) in [7, 11) is 3.10. The molecule has 0 fully saturated rings. The fraction of sp³-hybridized carbons (Fsp3) is 0.143. The van der Waals surface area contributed by atoms with Gasteiger partial charge >= 0.3 is 0 Å². The largest absolute Gasteiger partial charge is 0.497 e. The molecule has 0 saturated heterocycles. The number of ether oxygens (including phenoxy) is 2. The Kier molecular flexibility index (Phi) is 6.34. The number of rotatable bonds is 7. The van der Waals surface area contributed by atoms with Crippen LogP contribution in [-0.4, -0.2) is 25.1 Å². The second kappa shape index (κ2) is 9.10. The van der Waals surface area contributed by atoms with Crippen molar-refractivity contribution in [3.05, 3.63) is 77.1 Å². The van der Waals surface area contributed by atoms with Gasteiger partial charge in [-0.15, -0.1) is 0 Å². The number of methoxy groups -OCH3 is 2. The van der Waals surface area contributed by atoms with Crippen molar-refractivity contribution >= 4 is 28.9 Å². The first-order chi connectivity index (χ1) is 13.6. The maximum absolute atomic E-state index is 12.6. The van der Waals surface area contributed by atoms with Crippen LogP contribution in [-0.2, 0) is 6.54 Å². The lowest BCUT2D eigenvalue weighted by molar-refractivity contribution is 0.102. The molecule has 0 aliphatic heterocycles. The Morgan fingerprint density at radius 1 is 1.04 bits per heavy atom. The van der Waals surface area contributed by atoms with Crippen molar-refractivity contribution in [2.45, 2.75) is 6.54 Å². The molecule has 1 aromatic heterocycles. The number of pyridine rings is 1. The smallest absolute Gasteiger partial charge is 0.274 e. The third-order valence-corrected chi connectivity index (χ3v) is 4.31. The van der Waals surface area contributed by atoms with E-state index >= 15 is 0 Å². The maximum atomic E-state index is 12.6. The van der Waals surface area contributed by atoms with Gasteiger partial charge in [0.1, 0.15) is 17.2 Å². The normalized spacial score (nSPS) is 10.2. The van der Waals surface area contributed by atoms with E-state index in [1.165, 1.54) is 7.11 Å². The molecule has 3 rings (SSSR count). The summed E-state index contributed by atoms with van der Waals surface area (Å²) in [5.74, 6) is 0.801. The molecular formula is C21H20ClN3O3. The summed E-state index contributed by atoms with van der Waals surface area (Å²) in [4.78, 5) is 16.8. The number of aromatic nitrogens is 1. The number of hydrogen-bond acceptors (Lipinski definition) is 5. The lowest BCUT2D eigenvalue weighted by atomic mass is 10.2. The van der Waals surface area contributed by atoms with E-state index in [2.05, 4.69) is 15.6 Å². The number of benzene rings is 2. The second-order valence-electron chi connectivity index (χ2n) is 5.93. The van der Waals surface area contributed by atoms with E-state index in [1.807, 2.05) is 24.3 Å². The summed E-state index contributed by atoms with van der Waals surface area (Å²) in [6.07, 6.45) is 1.59. The van der Waals surface area contributed by atoms with E-state index in [0.717, 1.165) is 11.3 Å². The first kappa shape index (κ1) is 19.5. The highest BCUT2D eigenvalue weighted by atomic mass is 35.5. The van der Waals surface area contributed by atoms with Crippen molar-refractivity contribution < 1.29 is 14.3 Å². The second-order valence-corrected chi connectivity index (χ2v) is 6.37. The highest BCUT2D eigenvalue weighted by Crippen LogP contribution is 2.29. The van der Waals surface area contributed by atoms with Gasteiger partial charge in [0.05, 0.1) is 19.9 Å². The summed E-state index contributed by atoms with van der Waals surface area (Å²) >= 11 is 5.90. The van der Waals surface area contributed by atoms with Gasteiger partial charge in [-0.05, 0) is 42.0 Å². The predicted octanol–water partition coefficient (Wildman–Crippen LogP) is 4.62. The van der Waals surface area contributed by atoms with Crippen molar-refractivity contribution in [2.75, 3.05) is 24.9 Å². The predicted molar refractivity (Wildman–Crippen MR) is 111 cm³/mol. The lowest BCUT2D eigenvalue weighted by Crippen LogP contribution is -2.15. The molecule has 1 heterocycles. The molecule has 0 aliphatic rings. The highest BCUT2D eigenvalue weighted by molar-refractivity contribution is 6.30. The van der Waals surface area contributed by atoms with E-state index in [9.17, 15) is 4.79 Å². The Morgan fingerprint density at radius 2 is 1.82 bits per heavy atom. The van der Waals surface area contributed by atoms with Gasteiger partial charge in [-0.1, -0.05) is 23.7 Å². The molecule has 0 atom stereocenters. The van der Waals surface area contributed by atoms with Gasteiger partial charge in [0, 0.05) is 29.5 Å². The number of halogens is 1. The monoisotopic (exact) mass is 397 g/mol. The first-order valence-electron chi connectivity index (χ1n) is 8.57. The topological polar surface area (TPSA) is 72.5 Å². The van der Waals surface area contributed by atoms with E-state index in [-0.39, 0.29) is 11.6 Å². The molecule has 144 valence electrons. The third kappa shape index (κ3) is 4.92. The molecule has 0 saturated carbocycles. The Labute approximate surface area is 168 Å². The van der Waals surface area contributed by atoms with E-state index in [1.54, 1.807) is 43.6 Å². The summed E-state index contributed by atoms with van der Waals surface area (Å²) in [6, 6.07) is 16.2. The van der Waals surface area contributed by atoms with Crippen LogP contribution in [0.15, 0.2) is 60.8 Å². The summed E-state index contributed by atoms with van der Waals surface area (Å²) in [5.41, 5.74) is 2.65. The molecular weight excluding hydrogens is 378 g/mol. The number of nitrogens with one attached hydrogen (secondary N) is 2. The number of anilines is 2. The summed E-state index contributed by atoms with van der Waals surface area (Å²) in [6.45, 7) is 0.603. The fourth-order valence-corrected chi connectivity index (χ4v) is 2.70. The van der Waals surface area contributed by atoms with Crippen LogP contribution in [0.25, 0.3) is 0 Å². The van der Waals surface area contributed by atoms with Crippen molar-refractivity contribution in [2.24, 2.45) is 0 Å². The van der Waals surface area contributed by atoms with Crippen LogP contribution >= 0.6 is 11.6 Å². The number of hydrogen-bond donors (Lipinski definition) is 2. The van der Waals surface area contributed by atoms with Crippen LogP contribution in [0.2, 0.25) is 5.02 Å². The molecule has 2 N–H and O–H groups in total. The average Bonchev–Trinajstić information content (AvgIpc) is 2.73. The molecule has 0 radical (unpaired) electrons. The molecule has 0 spiro atoms. The van der Waals surface area contributed by atoms with Crippen LogP contribution in [0, 0.1) is 0 Å². The molecule has 7 heteroatoms. The van der Waals surface area contributed by atoms with Crippen molar-refractivity contribution in [3.8, 4) is 11.5 Å². The van der Waals surface area contributed by atoms with Gasteiger partial charge in [-0.2, -0.15) is 0 Å². The molecule has 1 amide bonds. The van der Waals surface area contributed by atoms with Gasteiger partial charge in [0.25, 0.3) is 5.91 Å². The molecule has 28 heavy (non-hydrogen) atoms. The molecule has 2 aromatic carbocycles. The van der Waals surface area contributed by atoms with Crippen molar-refractivity contribution in [3.63, 3.8) is 0 Å². The zero-order chi connectivity index (χ0) is 19.9. The molecule has 0 bridgehead atoms. The highest BCUT2D eigenvalue weighted by Gasteiger charge is 2.12. The standard InChI is InChI=1S/C21H20ClN3O3/c1-27-17-7-8-20(28-2)18(12-17)25-21(26)19-11-16(9-10-23-19)24-13-14-3-5-15(22)6-4-14/h3-12H,13H2,1-2H3,(H,23,24)(H,25,26). The molecule has 3 aromatic rings. The van der Waals surface area contributed by atoms with Crippen molar-refractivity contribution in [1.82, 2.24) is 4.98 Å². The Morgan fingerprint density at radius 3 is 2.54 bits per heavy atom.